The molecule has 88 valence electrons. The van der Waals surface area contributed by atoms with Gasteiger partial charge in [0.2, 0.25) is 0 Å². The smallest absolute Gasteiger partial charge is 0.453 e. The number of carbonyl (C=O) groups is 1. The second-order valence-electron chi connectivity index (χ2n) is 2.79. The first kappa shape index (κ1) is 13.9. The lowest BCUT2D eigenvalue weighted by molar-refractivity contribution is -0.280. The maximum Gasteiger partial charge on any atom is 0.453 e. The fourth-order valence-electron chi connectivity index (χ4n) is 0.750. The minimum atomic E-state index is -5.65. The van der Waals surface area contributed by atoms with Crippen molar-refractivity contribution in [2.75, 3.05) is 0 Å². The van der Waals surface area contributed by atoms with E-state index in [4.69, 9.17) is 5.11 Å². The first-order valence-electron chi connectivity index (χ1n) is 3.98. The molecule has 0 saturated carbocycles. The molecule has 0 aromatic heterocycles. The summed E-state index contributed by atoms with van der Waals surface area (Å²) in [6.07, 6.45) is -7.01. The van der Waals surface area contributed by atoms with Crippen LogP contribution in [0.2, 0.25) is 0 Å². The van der Waals surface area contributed by atoms with E-state index in [9.17, 15) is 26.7 Å². The molecule has 0 unspecified atom stereocenters. The van der Waals surface area contributed by atoms with Crippen LogP contribution in [0.25, 0.3) is 0 Å². The van der Waals surface area contributed by atoms with Crippen LogP contribution in [0.1, 0.15) is 19.8 Å². The van der Waals surface area contributed by atoms with E-state index in [0.29, 0.717) is 6.08 Å². The largest absolute Gasteiger partial charge is 0.478 e. The van der Waals surface area contributed by atoms with Crippen molar-refractivity contribution < 1.29 is 31.9 Å². The van der Waals surface area contributed by atoms with E-state index >= 15 is 0 Å². The quantitative estimate of drug-likeness (QED) is 0.597. The first-order chi connectivity index (χ1) is 6.62. The molecule has 0 aromatic carbocycles. The van der Waals surface area contributed by atoms with Gasteiger partial charge in [0.1, 0.15) is 0 Å². The van der Waals surface area contributed by atoms with Gasteiger partial charge in [-0.2, -0.15) is 22.0 Å². The average Bonchev–Trinajstić information content (AvgIpc) is 2.02. The number of carboxylic acids is 1. The van der Waals surface area contributed by atoms with Gasteiger partial charge in [-0.25, -0.2) is 4.79 Å². The van der Waals surface area contributed by atoms with E-state index in [0.717, 1.165) is 0 Å². The van der Waals surface area contributed by atoms with Crippen LogP contribution in [-0.4, -0.2) is 23.2 Å². The second-order valence-corrected chi connectivity index (χ2v) is 2.79. The van der Waals surface area contributed by atoms with Gasteiger partial charge in [0, 0.05) is 12.0 Å². The molecule has 0 aliphatic carbocycles. The Kier molecular flexibility index (Phi) is 4.24. The Hall–Kier alpha value is -1.14. The van der Waals surface area contributed by atoms with Crippen LogP contribution < -0.4 is 0 Å². The molecule has 7 heteroatoms. The summed E-state index contributed by atoms with van der Waals surface area (Å²) in [6, 6.07) is 0. The van der Waals surface area contributed by atoms with Gasteiger partial charge >= 0.3 is 18.1 Å². The Morgan fingerprint density at radius 3 is 2.00 bits per heavy atom. The molecular formula is C8H9F5O2. The Labute approximate surface area is 82.4 Å². The van der Waals surface area contributed by atoms with Gasteiger partial charge in [0.15, 0.2) is 0 Å². The highest BCUT2D eigenvalue weighted by Crippen LogP contribution is 2.38. The third-order valence-electron chi connectivity index (χ3n) is 1.68. The van der Waals surface area contributed by atoms with Gasteiger partial charge in [0.25, 0.3) is 0 Å². The Morgan fingerprint density at radius 2 is 1.73 bits per heavy atom. The summed E-state index contributed by atoms with van der Waals surface area (Å²) in [7, 11) is 0. The van der Waals surface area contributed by atoms with E-state index in [-0.39, 0.29) is 6.42 Å². The van der Waals surface area contributed by atoms with E-state index in [1.165, 1.54) is 6.92 Å². The summed E-state index contributed by atoms with van der Waals surface area (Å²) in [6.45, 7) is 1.35. The highest BCUT2D eigenvalue weighted by atomic mass is 19.4. The molecule has 0 spiro atoms. The first-order valence-corrected chi connectivity index (χ1v) is 3.98. The van der Waals surface area contributed by atoms with Crippen LogP contribution in [0.4, 0.5) is 22.0 Å². The molecule has 0 aromatic rings. The van der Waals surface area contributed by atoms with Crippen molar-refractivity contribution in [2.45, 2.75) is 31.9 Å². The number of halogens is 5. The van der Waals surface area contributed by atoms with Crippen molar-refractivity contribution in [3.8, 4) is 0 Å². The number of alkyl halides is 5. The van der Waals surface area contributed by atoms with Crippen molar-refractivity contribution in [3.63, 3.8) is 0 Å². The van der Waals surface area contributed by atoms with Crippen molar-refractivity contribution >= 4 is 5.97 Å². The third-order valence-corrected chi connectivity index (χ3v) is 1.68. The average molecular weight is 232 g/mol. The topological polar surface area (TPSA) is 37.3 Å². The predicted octanol–water partition coefficient (Wildman–Crippen LogP) is 3.00. The summed E-state index contributed by atoms with van der Waals surface area (Å²) in [5, 5.41) is 8.38. The number of hydrogen-bond donors (Lipinski definition) is 1. The highest BCUT2D eigenvalue weighted by molar-refractivity contribution is 5.86. The molecule has 0 aliphatic rings. The van der Waals surface area contributed by atoms with Crippen LogP contribution >= 0.6 is 0 Å². The predicted molar refractivity (Wildman–Crippen MR) is 41.6 cm³/mol. The number of allylic oxidation sites excluding steroid dienone is 1. The lowest BCUT2D eigenvalue weighted by Gasteiger charge is -2.17. The van der Waals surface area contributed by atoms with Gasteiger partial charge in [-0.3, -0.25) is 0 Å². The van der Waals surface area contributed by atoms with Crippen molar-refractivity contribution in [1.82, 2.24) is 0 Å². The molecule has 0 rings (SSSR count). The second kappa shape index (κ2) is 4.59. The zero-order valence-electron chi connectivity index (χ0n) is 7.74. The van der Waals surface area contributed by atoms with Crippen LogP contribution in [0.15, 0.2) is 11.6 Å². The minimum Gasteiger partial charge on any atom is -0.478 e. The molecule has 0 bridgehead atoms. The number of rotatable bonds is 4. The fourth-order valence-corrected chi connectivity index (χ4v) is 0.750. The normalized spacial score (nSPS) is 14.1. The highest BCUT2D eigenvalue weighted by Gasteiger charge is 2.56. The van der Waals surface area contributed by atoms with Gasteiger partial charge in [-0.1, -0.05) is 13.0 Å². The van der Waals surface area contributed by atoms with Crippen LogP contribution in [0.5, 0.6) is 0 Å². The van der Waals surface area contributed by atoms with Crippen molar-refractivity contribution in [3.05, 3.63) is 11.6 Å². The van der Waals surface area contributed by atoms with Gasteiger partial charge < -0.3 is 5.11 Å². The van der Waals surface area contributed by atoms with Crippen molar-refractivity contribution in [2.24, 2.45) is 0 Å². The lowest BCUT2D eigenvalue weighted by Crippen LogP contribution is -2.35. The number of aliphatic carboxylic acids is 1. The molecule has 0 heterocycles. The van der Waals surface area contributed by atoms with E-state index in [1.807, 2.05) is 0 Å². The lowest BCUT2D eigenvalue weighted by atomic mass is 10.1. The summed E-state index contributed by atoms with van der Waals surface area (Å²) >= 11 is 0. The van der Waals surface area contributed by atoms with Crippen LogP contribution in [0, 0.1) is 0 Å². The van der Waals surface area contributed by atoms with E-state index < -0.39 is 30.1 Å². The fraction of sp³-hybridized carbons (Fsp3) is 0.625. The molecule has 2 nitrogen and oxygen atoms in total. The van der Waals surface area contributed by atoms with E-state index in [2.05, 4.69) is 0 Å². The molecule has 0 saturated heterocycles. The van der Waals surface area contributed by atoms with E-state index in [1.54, 1.807) is 0 Å². The van der Waals surface area contributed by atoms with Crippen LogP contribution in [0.3, 0.4) is 0 Å². The molecule has 0 atom stereocenters. The number of hydrogen-bond acceptors (Lipinski definition) is 1. The molecule has 0 amide bonds. The molecule has 0 radical (unpaired) electrons. The number of carboxylic acid groups (broad SMARTS) is 1. The summed E-state index contributed by atoms with van der Waals surface area (Å²) in [5.74, 6) is -6.38. The third kappa shape index (κ3) is 3.85. The molecule has 1 N–H and O–H groups in total. The Morgan fingerprint density at radius 1 is 1.27 bits per heavy atom. The molecule has 15 heavy (non-hydrogen) atoms. The molecular weight excluding hydrogens is 223 g/mol. The summed E-state index contributed by atoms with van der Waals surface area (Å²) in [4.78, 5) is 10.3. The van der Waals surface area contributed by atoms with Gasteiger partial charge in [0.05, 0.1) is 0 Å². The van der Waals surface area contributed by atoms with Crippen molar-refractivity contribution in [1.29, 1.82) is 0 Å². The molecule has 0 fully saturated rings. The van der Waals surface area contributed by atoms with Gasteiger partial charge in [-0.15, -0.1) is 0 Å². The standard InChI is InChI=1S/C8H9F5O2/c1-2-5(6(14)15)3-4-7(9,10)8(11,12)13/h3H,2,4H2,1H3,(H,14,15). The maximum absolute atomic E-state index is 12.3. The summed E-state index contributed by atoms with van der Waals surface area (Å²) in [5.41, 5.74) is -0.459. The minimum absolute atomic E-state index is 0.108. The molecule has 0 aliphatic heterocycles. The maximum atomic E-state index is 12.3. The van der Waals surface area contributed by atoms with Gasteiger partial charge in [-0.05, 0) is 6.42 Å². The SMILES string of the molecule is CCC(=CCC(F)(F)C(F)(F)F)C(=O)O. The summed E-state index contributed by atoms with van der Waals surface area (Å²) < 4.78 is 59.6. The van der Waals surface area contributed by atoms with Crippen LogP contribution in [-0.2, 0) is 4.79 Å². The monoisotopic (exact) mass is 232 g/mol. The Balaban J connectivity index is 4.68. The zero-order chi connectivity index (χ0) is 12.3. The zero-order valence-corrected chi connectivity index (χ0v) is 7.74. The Bertz CT molecular complexity index is 267.